The molecule has 0 aliphatic rings. The van der Waals surface area contributed by atoms with Gasteiger partial charge in [0.15, 0.2) is 0 Å². The van der Waals surface area contributed by atoms with Crippen LogP contribution in [0.5, 0.6) is 0 Å². The lowest BCUT2D eigenvalue weighted by molar-refractivity contribution is -0.120. The minimum Gasteiger partial charge on any atom is -0.381 e. The molecule has 0 saturated carbocycles. The molecule has 0 spiro atoms. The quantitative estimate of drug-likeness (QED) is 0.251. The van der Waals surface area contributed by atoms with E-state index >= 15 is 0 Å². The third-order valence-corrected chi connectivity index (χ3v) is 4.62. The van der Waals surface area contributed by atoms with Crippen LogP contribution in [-0.4, -0.2) is 43.7 Å². The van der Waals surface area contributed by atoms with E-state index in [2.05, 4.69) is 18.7 Å². The average Bonchev–Trinajstić information content (AvgIpc) is 2.61. The first-order valence-electron chi connectivity index (χ1n) is 8.76. The molecular formula is C25H48O4S. The number of rotatable bonds is 12. The zero-order valence-electron chi connectivity index (χ0n) is 16.4. The van der Waals surface area contributed by atoms with Crippen molar-refractivity contribution >= 4 is 23.3 Å². The first-order valence-corrected chi connectivity index (χ1v) is 9.74. The van der Waals surface area contributed by atoms with Gasteiger partial charge in [0.1, 0.15) is 11.6 Å². The Morgan fingerprint density at radius 1 is 0.933 bits per heavy atom. The highest BCUT2D eigenvalue weighted by atomic mass is 32.2. The van der Waals surface area contributed by atoms with E-state index in [4.69, 9.17) is 9.47 Å². The van der Waals surface area contributed by atoms with Crippen molar-refractivity contribution in [3.8, 4) is 0 Å². The van der Waals surface area contributed by atoms with Crippen molar-refractivity contribution < 1.29 is 19.1 Å². The average molecular weight is 445 g/mol. The molecule has 0 bridgehead atoms. The lowest BCUT2D eigenvalue weighted by atomic mass is 10.1. The number of carbonyl (C=O) groups excluding carboxylic acids is 2. The van der Waals surface area contributed by atoms with Crippen molar-refractivity contribution in [2.45, 2.75) is 86.3 Å². The van der Waals surface area contributed by atoms with E-state index in [1.54, 1.807) is 45.9 Å². The molecule has 0 saturated heterocycles. The Kier molecular flexibility index (Phi) is 33.4. The fourth-order valence-corrected chi connectivity index (χ4v) is 3.18. The van der Waals surface area contributed by atoms with Gasteiger partial charge in [-0.1, -0.05) is 54.0 Å². The van der Waals surface area contributed by atoms with E-state index in [1.165, 1.54) is 4.90 Å². The Balaban J connectivity index is -0.000000133. The lowest BCUT2D eigenvalue weighted by Gasteiger charge is -2.12. The van der Waals surface area contributed by atoms with E-state index in [0.717, 1.165) is 18.6 Å². The topological polar surface area (TPSA) is 52.6 Å². The highest BCUT2D eigenvalue weighted by Crippen LogP contribution is 2.19. The molecule has 0 heterocycles. The maximum atomic E-state index is 11.0. The molecule has 0 aliphatic carbocycles. The molecule has 0 fully saturated rings. The zero-order valence-corrected chi connectivity index (χ0v) is 17.2. The van der Waals surface area contributed by atoms with Gasteiger partial charge in [0, 0.05) is 37.7 Å². The summed E-state index contributed by atoms with van der Waals surface area (Å²) < 4.78 is 10.3. The van der Waals surface area contributed by atoms with Gasteiger partial charge < -0.3 is 9.47 Å². The first-order chi connectivity index (χ1) is 12.4. The number of methoxy groups -OCH3 is 2. The van der Waals surface area contributed by atoms with E-state index in [0.29, 0.717) is 12.8 Å². The number of hydrogen-bond acceptors (Lipinski definition) is 5. The second-order valence-electron chi connectivity index (χ2n) is 6.00. The number of Topliss-reactive ketones (excluding diaryl/α,β-unsaturated/α-hetero) is 2. The van der Waals surface area contributed by atoms with Gasteiger partial charge in [-0.2, -0.15) is 0 Å². The standard InChI is InChI=1S/C13H18O2S.C8H14O2.4CH4/c1-11(14)10-12(15-2)8-9-16-13-6-4-3-5-7-13;1-4-5-8(10-3)6-7(2)9;;;;/h3-7,12H,8-10H2,1-2H3;4,8H,1,5-6H2,2-3H3;4*1H4. The summed E-state index contributed by atoms with van der Waals surface area (Å²) >= 11 is 1.80. The Hall–Kier alpha value is -1.43. The smallest absolute Gasteiger partial charge is 0.132 e. The molecule has 0 N–H and O–H groups in total. The summed E-state index contributed by atoms with van der Waals surface area (Å²) in [5.41, 5.74) is 0. The van der Waals surface area contributed by atoms with Crippen LogP contribution in [0.4, 0.5) is 0 Å². The van der Waals surface area contributed by atoms with Gasteiger partial charge in [0.05, 0.1) is 12.2 Å². The number of carbonyl (C=O) groups is 2. The van der Waals surface area contributed by atoms with Crippen LogP contribution < -0.4 is 0 Å². The lowest BCUT2D eigenvalue weighted by Crippen LogP contribution is -2.15. The highest BCUT2D eigenvalue weighted by molar-refractivity contribution is 7.99. The SMILES string of the molecule is C.C.C.C.C=CCC(CC(C)=O)OC.COC(CCSc1ccccc1)CC(C)=O. The fraction of sp³-hybridized carbons (Fsp3) is 0.600. The second-order valence-corrected chi connectivity index (χ2v) is 7.17. The number of hydrogen-bond donors (Lipinski definition) is 0. The molecule has 1 rings (SSSR count). The van der Waals surface area contributed by atoms with Crippen molar-refractivity contribution in [3.63, 3.8) is 0 Å². The van der Waals surface area contributed by atoms with Crippen LogP contribution in [0, 0.1) is 0 Å². The number of ether oxygens (including phenoxy) is 2. The Morgan fingerprint density at radius 2 is 1.40 bits per heavy atom. The van der Waals surface area contributed by atoms with Crippen molar-refractivity contribution in [2.24, 2.45) is 0 Å². The monoisotopic (exact) mass is 444 g/mol. The molecule has 178 valence electrons. The van der Waals surface area contributed by atoms with E-state index < -0.39 is 0 Å². The second kappa shape index (κ2) is 25.6. The van der Waals surface area contributed by atoms with Crippen LogP contribution in [0.1, 0.15) is 69.2 Å². The highest BCUT2D eigenvalue weighted by Gasteiger charge is 2.10. The van der Waals surface area contributed by atoms with Gasteiger partial charge in [0.25, 0.3) is 0 Å². The number of benzene rings is 1. The van der Waals surface area contributed by atoms with Crippen LogP contribution in [-0.2, 0) is 19.1 Å². The summed E-state index contributed by atoms with van der Waals surface area (Å²) in [5, 5.41) is 0. The van der Waals surface area contributed by atoms with Crippen LogP contribution in [0.2, 0.25) is 0 Å². The Labute approximate surface area is 191 Å². The van der Waals surface area contributed by atoms with Crippen molar-refractivity contribution in [2.75, 3.05) is 20.0 Å². The third-order valence-electron chi connectivity index (χ3n) is 3.58. The summed E-state index contributed by atoms with van der Waals surface area (Å²) in [6, 6.07) is 10.3. The van der Waals surface area contributed by atoms with Crippen LogP contribution in [0.3, 0.4) is 0 Å². The zero-order chi connectivity index (χ0) is 19.8. The molecule has 0 amide bonds. The van der Waals surface area contributed by atoms with Crippen molar-refractivity contribution in [1.82, 2.24) is 0 Å². The largest absolute Gasteiger partial charge is 0.381 e. The number of ketones is 2. The minimum absolute atomic E-state index is 0. The summed E-state index contributed by atoms with van der Waals surface area (Å²) in [7, 11) is 3.28. The van der Waals surface area contributed by atoms with Crippen molar-refractivity contribution in [1.29, 1.82) is 0 Å². The molecular weight excluding hydrogens is 396 g/mol. The summed E-state index contributed by atoms with van der Waals surface area (Å²) in [4.78, 5) is 22.8. The Bertz CT molecular complexity index is 517. The molecule has 2 atom stereocenters. The molecule has 2 unspecified atom stereocenters. The predicted octanol–water partition coefficient (Wildman–Crippen LogP) is 7.26. The predicted molar refractivity (Wildman–Crippen MR) is 136 cm³/mol. The molecule has 5 heteroatoms. The normalized spacial score (nSPS) is 10.8. The molecule has 1 aromatic rings. The molecule has 1 aromatic carbocycles. The fourth-order valence-electron chi connectivity index (χ4n) is 2.22. The molecule has 4 nitrogen and oxygen atoms in total. The maximum Gasteiger partial charge on any atom is 0.132 e. The number of thioether (sulfide) groups is 1. The van der Waals surface area contributed by atoms with Gasteiger partial charge >= 0.3 is 0 Å². The van der Waals surface area contributed by atoms with E-state index in [9.17, 15) is 9.59 Å². The van der Waals surface area contributed by atoms with Gasteiger partial charge in [-0.15, -0.1) is 18.3 Å². The third kappa shape index (κ3) is 22.9. The molecule has 0 aromatic heterocycles. The van der Waals surface area contributed by atoms with E-state index in [1.807, 2.05) is 18.2 Å². The van der Waals surface area contributed by atoms with Gasteiger partial charge in [-0.3, -0.25) is 9.59 Å². The van der Waals surface area contributed by atoms with Gasteiger partial charge in [-0.05, 0) is 38.8 Å². The molecule has 30 heavy (non-hydrogen) atoms. The Morgan fingerprint density at radius 3 is 1.80 bits per heavy atom. The van der Waals surface area contributed by atoms with Crippen LogP contribution in [0.15, 0.2) is 47.9 Å². The summed E-state index contributed by atoms with van der Waals surface area (Å²) in [6.45, 7) is 6.74. The maximum absolute atomic E-state index is 11.0. The molecule has 0 radical (unpaired) electrons. The van der Waals surface area contributed by atoms with Gasteiger partial charge in [-0.25, -0.2) is 0 Å². The van der Waals surface area contributed by atoms with Crippen LogP contribution in [0.25, 0.3) is 0 Å². The van der Waals surface area contributed by atoms with E-state index in [-0.39, 0.29) is 53.5 Å². The molecule has 0 aliphatic heterocycles. The minimum atomic E-state index is 0. The first kappa shape index (κ1) is 39.1. The van der Waals surface area contributed by atoms with Gasteiger partial charge in [0.2, 0.25) is 0 Å². The van der Waals surface area contributed by atoms with Crippen molar-refractivity contribution in [3.05, 3.63) is 43.0 Å². The van der Waals surface area contributed by atoms with Crippen LogP contribution >= 0.6 is 11.8 Å². The summed E-state index contributed by atoms with van der Waals surface area (Å²) in [6.07, 6.45) is 4.51. The summed E-state index contributed by atoms with van der Waals surface area (Å²) in [5.74, 6) is 1.33.